The number of rotatable bonds is 2. The predicted octanol–water partition coefficient (Wildman–Crippen LogP) is 2.84. The van der Waals surface area contributed by atoms with E-state index in [1.165, 1.54) is 0 Å². The Bertz CT molecular complexity index is 676. The molecule has 3 saturated carbocycles. The third-order valence-corrected chi connectivity index (χ3v) is 5.04. The van der Waals surface area contributed by atoms with Gasteiger partial charge in [-0.1, -0.05) is 11.6 Å². The standard InChI is InChI=1S/C14H14ClN3O/c1-18(14-5-8(6-14)7-14)13(19)10-4-9-2-3-16-12(15)11(9)17-10/h2-4,8,17H,5-7H2,1H3. The van der Waals surface area contributed by atoms with E-state index in [0.29, 0.717) is 10.8 Å². The van der Waals surface area contributed by atoms with Crippen molar-refractivity contribution in [3.63, 3.8) is 0 Å². The first kappa shape index (κ1) is 11.3. The minimum Gasteiger partial charge on any atom is -0.348 e. The lowest BCUT2D eigenvalue weighted by atomic mass is 9.49. The summed E-state index contributed by atoms with van der Waals surface area (Å²) >= 11 is 6.02. The number of hydrogen-bond acceptors (Lipinski definition) is 2. The van der Waals surface area contributed by atoms with E-state index in [1.807, 2.05) is 24.1 Å². The molecule has 0 atom stereocenters. The third-order valence-electron chi connectivity index (χ3n) is 4.75. The number of H-pyrrole nitrogens is 1. The van der Waals surface area contributed by atoms with Gasteiger partial charge in [0.1, 0.15) is 5.69 Å². The van der Waals surface area contributed by atoms with Crippen LogP contribution in [0.3, 0.4) is 0 Å². The van der Waals surface area contributed by atoms with Crippen LogP contribution < -0.4 is 0 Å². The Morgan fingerprint density at radius 3 is 2.84 bits per heavy atom. The van der Waals surface area contributed by atoms with Gasteiger partial charge in [-0.2, -0.15) is 0 Å². The Kier molecular flexibility index (Phi) is 2.09. The van der Waals surface area contributed by atoms with Gasteiger partial charge >= 0.3 is 0 Å². The minimum atomic E-state index is 0.0467. The van der Waals surface area contributed by atoms with Crippen molar-refractivity contribution in [1.82, 2.24) is 14.9 Å². The summed E-state index contributed by atoms with van der Waals surface area (Å²) in [4.78, 5) is 21.5. The lowest BCUT2D eigenvalue weighted by Gasteiger charge is -2.65. The highest BCUT2D eigenvalue weighted by Gasteiger charge is 2.60. The summed E-state index contributed by atoms with van der Waals surface area (Å²) in [7, 11) is 1.91. The first-order valence-corrected chi connectivity index (χ1v) is 6.88. The van der Waals surface area contributed by atoms with Crippen LogP contribution in [0, 0.1) is 5.92 Å². The molecule has 0 unspecified atom stereocenters. The van der Waals surface area contributed by atoms with Crippen molar-refractivity contribution in [2.24, 2.45) is 5.92 Å². The Morgan fingerprint density at radius 2 is 2.26 bits per heavy atom. The summed E-state index contributed by atoms with van der Waals surface area (Å²) in [5.41, 5.74) is 1.47. The molecule has 3 aliphatic carbocycles. The molecule has 0 saturated heterocycles. The lowest BCUT2D eigenvalue weighted by molar-refractivity contribution is -0.114. The summed E-state index contributed by atoms with van der Waals surface area (Å²) < 4.78 is 0. The number of aromatic amines is 1. The second kappa shape index (κ2) is 3.51. The van der Waals surface area contributed by atoms with Gasteiger partial charge in [-0.25, -0.2) is 4.98 Å². The van der Waals surface area contributed by atoms with Crippen molar-refractivity contribution in [3.8, 4) is 0 Å². The number of nitrogens with zero attached hydrogens (tertiary/aromatic N) is 2. The first-order valence-electron chi connectivity index (χ1n) is 6.50. The van der Waals surface area contributed by atoms with Crippen LogP contribution in [0.15, 0.2) is 18.3 Å². The zero-order valence-electron chi connectivity index (χ0n) is 10.6. The third kappa shape index (κ3) is 1.40. The molecule has 0 aromatic carbocycles. The van der Waals surface area contributed by atoms with Crippen LogP contribution in [0.5, 0.6) is 0 Å². The summed E-state index contributed by atoms with van der Waals surface area (Å²) in [6.45, 7) is 0. The van der Waals surface area contributed by atoms with Gasteiger partial charge < -0.3 is 9.88 Å². The van der Waals surface area contributed by atoms with Crippen LogP contribution in [0.2, 0.25) is 5.15 Å². The fourth-order valence-corrected chi connectivity index (χ4v) is 3.59. The lowest BCUT2D eigenvalue weighted by Crippen LogP contribution is -2.68. The number of hydrogen-bond donors (Lipinski definition) is 1. The van der Waals surface area contributed by atoms with Crippen LogP contribution in [-0.2, 0) is 0 Å². The van der Waals surface area contributed by atoms with Crippen LogP contribution in [-0.4, -0.2) is 33.4 Å². The predicted molar refractivity (Wildman–Crippen MR) is 73.3 cm³/mol. The Morgan fingerprint density at radius 1 is 1.53 bits per heavy atom. The average Bonchev–Trinajstić information content (AvgIpc) is 2.69. The Hall–Kier alpha value is -1.55. The maximum Gasteiger partial charge on any atom is 0.270 e. The molecule has 0 radical (unpaired) electrons. The largest absolute Gasteiger partial charge is 0.348 e. The van der Waals surface area contributed by atoms with Crippen molar-refractivity contribution < 1.29 is 4.79 Å². The molecule has 3 aliphatic rings. The number of amides is 1. The van der Waals surface area contributed by atoms with Crippen LogP contribution in [0.25, 0.3) is 10.9 Å². The van der Waals surface area contributed by atoms with Gasteiger partial charge in [0.2, 0.25) is 0 Å². The highest BCUT2D eigenvalue weighted by atomic mass is 35.5. The number of carbonyl (C=O) groups excluding carboxylic acids is 1. The first-order chi connectivity index (χ1) is 9.09. The summed E-state index contributed by atoms with van der Waals surface area (Å²) in [6.07, 6.45) is 5.14. The molecule has 5 heteroatoms. The number of aromatic nitrogens is 2. The molecule has 2 bridgehead atoms. The SMILES string of the molecule is CN(C(=O)c1cc2ccnc(Cl)c2[nH]1)C12CC(C1)C2. The smallest absolute Gasteiger partial charge is 0.270 e. The maximum atomic E-state index is 12.5. The van der Waals surface area contributed by atoms with Gasteiger partial charge in [-0.3, -0.25) is 4.79 Å². The van der Waals surface area contributed by atoms with E-state index in [0.717, 1.165) is 36.1 Å². The minimum absolute atomic E-state index is 0.0467. The van der Waals surface area contributed by atoms with E-state index in [1.54, 1.807) is 6.20 Å². The molecular formula is C14H14ClN3O. The molecule has 3 fully saturated rings. The van der Waals surface area contributed by atoms with Gasteiger partial charge in [0.05, 0.1) is 5.52 Å². The van der Waals surface area contributed by atoms with E-state index in [-0.39, 0.29) is 11.4 Å². The molecule has 2 heterocycles. The summed E-state index contributed by atoms with van der Waals surface area (Å²) in [5.74, 6) is 0.905. The number of fused-ring (bicyclic) bond motifs is 1. The molecule has 1 amide bonds. The fourth-order valence-electron chi connectivity index (χ4n) is 3.38. The number of nitrogens with one attached hydrogen (secondary N) is 1. The quantitative estimate of drug-likeness (QED) is 0.857. The van der Waals surface area contributed by atoms with Gasteiger partial charge in [0.25, 0.3) is 5.91 Å². The molecule has 2 aromatic rings. The van der Waals surface area contributed by atoms with Crippen LogP contribution >= 0.6 is 11.6 Å². The van der Waals surface area contributed by atoms with Crippen molar-refractivity contribution in [2.75, 3.05) is 7.05 Å². The normalized spacial score (nSPS) is 27.8. The van der Waals surface area contributed by atoms with Gasteiger partial charge in [0, 0.05) is 24.2 Å². The van der Waals surface area contributed by atoms with Gasteiger partial charge in [-0.15, -0.1) is 0 Å². The zero-order valence-corrected chi connectivity index (χ0v) is 11.4. The number of carbonyl (C=O) groups is 1. The molecule has 1 N–H and O–H groups in total. The zero-order chi connectivity index (χ0) is 13.2. The van der Waals surface area contributed by atoms with Crippen molar-refractivity contribution in [1.29, 1.82) is 0 Å². The van der Waals surface area contributed by atoms with Gasteiger partial charge in [0.15, 0.2) is 5.15 Å². The molecule has 0 spiro atoms. The summed E-state index contributed by atoms with van der Waals surface area (Å²) in [5, 5.41) is 1.33. The fraction of sp³-hybridized carbons (Fsp3) is 0.429. The van der Waals surface area contributed by atoms with E-state index in [9.17, 15) is 4.79 Å². The molecule has 0 aliphatic heterocycles. The highest BCUT2D eigenvalue weighted by molar-refractivity contribution is 6.33. The molecule has 5 rings (SSSR count). The monoisotopic (exact) mass is 275 g/mol. The average molecular weight is 276 g/mol. The molecule has 2 aromatic heterocycles. The molecule has 4 nitrogen and oxygen atoms in total. The topological polar surface area (TPSA) is 49.0 Å². The Labute approximate surface area is 115 Å². The van der Waals surface area contributed by atoms with Crippen molar-refractivity contribution >= 4 is 28.4 Å². The molecule has 19 heavy (non-hydrogen) atoms. The van der Waals surface area contributed by atoms with E-state index >= 15 is 0 Å². The second-order valence-corrected chi connectivity index (χ2v) is 6.17. The van der Waals surface area contributed by atoms with Crippen LogP contribution in [0.1, 0.15) is 29.8 Å². The number of halogens is 1. The highest BCUT2D eigenvalue weighted by Crippen LogP contribution is 2.60. The van der Waals surface area contributed by atoms with Crippen molar-refractivity contribution in [2.45, 2.75) is 24.8 Å². The summed E-state index contributed by atoms with van der Waals surface area (Å²) in [6, 6.07) is 3.71. The Balaban J connectivity index is 1.69. The number of pyridine rings is 1. The second-order valence-electron chi connectivity index (χ2n) is 5.82. The molecule has 98 valence electrons. The van der Waals surface area contributed by atoms with Crippen molar-refractivity contribution in [3.05, 3.63) is 29.2 Å². The van der Waals surface area contributed by atoms with E-state index in [2.05, 4.69) is 9.97 Å². The molecular weight excluding hydrogens is 262 g/mol. The van der Waals surface area contributed by atoms with E-state index < -0.39 is 0 Å². The van der Waals surface area contributed by atoms with Crippen LogP contribution in [0.4, 0.5) is 0 Å². The van der Waals surface area contributed by atoms with E-state index in [4.69, 9.17) is 11.6 Å². The van der Waals surface area contributed by atoms with Gasteiger partial charge in [-0.05, 0) is 37.3 Å². The maximum absolute atomic E-state index is 12.5.